The Morgan fingerprint density at radius 1 is 1.27 bits per heavy atom. The van der Waals surface area contributed by atoms with Gasteiger partial charge >= 0.3 is 0 Å². The van der Waals surface area contributed by atoms with Crippen molar-refractivity contribution in [1.29, 1.82) is 0 Å². The smallest absolute Gasteiger partial charge is 0.293 e. The lowest BCUT2D eigenvalue weighted by atomic mass is 10.1. The molecule has 33 heavy (non-hydrogen) atoms. The summed E-state index contributed by atoms with van der Waals surface area (Å²) in [6.07, 6.45) is 1.30. The number of aromatic amines is 1. The second kappa shape index (κ2) is 11.2. The SMILES string of the molecule is COCCNc1ccc(C(=O)N(C)CCCc2cc(-c3cccc(F)c3)n[nH]2)cc1[N+](=O)[O-]. The second-order valence-corrected chi connectivity index (χ2v) is 7.53. The number of nitro benzene ring substituents is 1. The summed E-state index contributed by atoms with van der Waals surface area (Å²) in [4.78, 5) is 25.2. The van der Waals surface area contributed by atoms with Gasteiger partial charge < -0.3 is 15.0 Å². The fourth-order valence-corrected chi connectivity index (χ4v) is 3.37. The molecule has 1 heterocycles. The van der Waals surface area contributed by atoms with Gasteiger partial charge in [0.05, 0.1) is 17.2 Å². The number of carbonyl (C=O) groups excluding carboxylic acids is 1. The molecule has 0 saturated carbocycles. The summed E-state index contributed by atoms with van der Waals surface area (Å²) in [6, 6.07) is 12.5. The highest BCUT2D eigenvalue weighted by atomic mass is 19.1. The number of nitrogens with one attached hydrogen (secondary N) is 2. The van der Waals surface area contributed by atoms with Crippen LogP contribution in [-0.2, 0) is 11.2 Å². The first-order chi connectivity index (χ1) is 15.9. The summed E-state index contributed by atoms with van der Waals surface area (Å²) in [7, 11) is 3.20. The number of halogens is 1. The van der Waals surface area contributed by atoms with Gasteiger partial charge in [-0.1, -0.05) is 12.1 Å². The molecule has 0 aliphatic rings. The largest absolute Gasteiger partial charge is 0.383 e. The van der Waals surface area contributed by atoms with Crippen molar-refractivity contribution in [3.8, 4) is 11.3 Å². The van der Waals surface area contributed by atoms with Gasteiger partial charge in [-0.2, -0.15) is 5.10 Å². The molecule has 3 aromatic rings. The zero-order chi connectivity index (χ0) is 23.8. The second-order valence-electron chi connectivity index (χ2n) is 7.53. The molecule has 0 spiro atoms. The molecule has 174 valence electrons. The zero-order valence-electron chi connectivity index (χ0n) is 18.5. The highest BCUT2D eigenvalue weighted by Crippen LogP contribution is 2.26. The van der Waals surface area contributed by atoms with E-state index in [-0.39, 0.29) is 23.0 Å². The summed E-state index contributed by atoms with van der Waals surface area (Å²) in [5, 5.41) is 21.5. The highest BCUT2D eigenvalue weighted by molar-refractivity contribution is 5.95. The number of rotatable bonds is 11. The molecule has 0 bridgehead atoms. The first-order valence-corrected chi connectivity index (χ1v) is 10.5. The molecular weight excluding hydrogens is 429 g/mol. The van der Waals surface area contributed by atoms with Gasteiger partial charge in [-0.3, -0.25) is 20.0 Å². The van der Waals surface area contributed by atoms with Gasteiger partial charge in [0.2, 0.25) is 0 Å². The van der Waals surface area contributed by atoms with Crippen molar-refractivity contribution in [2.45, 2.75) is 12.8 Å². The van der Waals surface area contributed by atoms with Crippen molar-refractivity contribution in [2.24, 2.45) is 0 Å². The van der Waals surface area contributed by atoms with E-state index in [1.807, 2.05) is 6.07 Å². The van der Waals surface area contributed by atoms with Crippen LogP contribution < -0.4 is 5.32 Å². The number of nitrogens with zero attached hydrogens (tertiary/aromatic N) is 3. The number of aryl methyl sites for hydroxylation is 1. The van der Waals surface area contributed by atoms with Crippen molar-refractivity contribution in [1.82, 2.24) is 15.1 Å². The Bertz CT molecular complexity index is 1120. The van der Waals surface area contributed by atoms with Crippen LogP contribution in [0.1, 0.15) is 22.5 Å². The zero-order valence-corrected chi connectivity index (χ0v) is 18.5. The van der Waals surface area contributed by atoms with Crippen LogP contribution in [0.25, 0.3) is 11.3 Å². The molecule has 0 radical (unpaired) electrons. The maximum absolute atomic E-state index is 13.4. The molecule has 10 heteroatoms. The summed E-state index contributed by atoms with van der Waals surface area (Å²) >= 11 is 0. The Balaban J connectivity index is 1.57. The number of benzene rings is 2. The van der Waals surface area contributed by atoms with E-state index in [0.717, 1.165) is 5.69 Å². The van der Waals surface area contributed by atoms with Gasteiger partial charge in [-0.05, 0) is 43.2 Å². The molecule has 0 aliphatic heterocycles. The Morgan fingerprint density at radius 2 is 2.09 bits per heavy atom. The fourth-order valence-electron chi connectivity index (χ4n) is 3.37. The predicted molar refractivity (Wildman–Crippen MR) is 123 cm³/mol. The lowest BCUT2D eigenvalue weighted by molar-refractivity contribution is -0.384. The number of aromatic nitrogens is 2. The van der Waals surface area contributed by atoms with Crippen LogP contribution in [0.2, 0.25) is 0 Å². The Kier molecular flexibility index (Phi) is 8.09. The first-order valence-electron chi connectivity index (χ1n) is 10.5. The lowest BCUT2D eigenvalue weighted by Crippen LogP contribution is -2.28. The average Bonchev–Trinajstić information content (AvgIpc) is 3.27. The molecule has 1 aromatic heterocycles. The Hall–Kier alpha value is -3.79. The van der Waals surface area contributed by atoms with Crippen LogP contribution in [0.15, 0.2) is 48.5 Å². The van der Waals surface area contributed by atoms with E-state index in [1.165, 1.54) is 29.2 Å². The maximum Gasteiger partial charge on any atom is 0.293 e. The molecule has 0 fully saturated rings. The summed E-state index contributed by atoms with van der Waals surface area (Å²) in [6.45, 7) is 1.27. The molecule has 0 saturated heterocycles. The summed E-state index contributed by atoms with van der Waals surface area (Å²) in [5.41, 5.74) is 2.64. The van der Waals surface area contributed by atoms with Crippen molar-refractivity contribution < 1.29 is 18.8 Å². The average molecular weight is 455 g/mol. The number of H-pyrrole nitrogens is 1. The minimum atomic E-state index is -0.514. The Labute approximate surface area is 190 Å². The third kappa shape index (κ3) is 6.36. The Morgan fingerprint density at radius 3 is 2.82 bits per heavy atom. The summed E-state index contributed by atoms with van der Waals surface area (Å²) < 4.78 is 18.3. The molecule has 3 rings (SSSR count). The minimum Gasteiger partial charge on any atom is -0.383 e. The fraction of sp³-hybridized carbons (Fsp3) is 0.304. The van der Waals surface area contributed by atoms with E-state index in [4.69, 9.17) is 4.74 Å². The molecule has 0 unspecified atom stereocenters. The topological polar surface area (TPSA) is 113 Å². The molecular formula is C23H26FN5O4. The van der Waals surface area contributed by atoms with Crippen LogP contribution in [0, 0.1) is 15.9 Å². The van der Waals surface area contributed by atoms with Gasteiger partial charge in [-0.25, -0.2) is 4.39 Å². The van der Waals surface area contributed by atoms with Gasteiger partial charge in [0, 0.05) is 50.1 Å². The maximum atomic E-state index is 13.4. The van der Waals surface area contributed by atoms with Gasteiger partial charge in [0.15, 0.2) is 0 Å². The number of hydrogen-bond donors (Lipinski definition) is 2. The number of carbonyl (C=O) groups is 1. The quantitative estimate of drug-likeness (QED) is 0.258. The van der Waals surface area contributed by atoms with Crippen LogP contribution in [0.3, 0.4) is 0 Å². The van der Waals surface area contributed by atoms with Crippen molar-refractivity contribution in [2.75, 3.05) is 39.2 Å². The van der Waals surface area contributed by atoms with Crippen LogP contribution in [0.5, 0.6) is 0 Å². The van der Waals surface area contributed by atoms with E-state index in [2.05, 4.69) is 15.5 Å². The third-order valence-electron chi connectivity index (χ3n) is 5.10. The number of amides is 1. The van der Waals surface area contributed by atoms with Crippen molar-refractivity contribution >= 4 is 17.3 Å². The predicted octanol–water partition coefficient (Wildman–Crippen LogP) is 3.89. The van der Waals surface area contributed by atoms with E-state index in [0.29, 0.717) is 49.5 Å². The van der Waals surface area contributed by atoms with Gasteiger partial charge in [-0.15, -0.1) is 0 Å². The number of methoxy groups -OCH3 is 1. The molecule has 0 aliphatic carbocycles. The van der Waals surface area contributed by atoms with Gasteiger partial charge in [0.25, 0.3) is 11.6 Å². The van der Waals surface area contributed by atoms with E-state index in [1.54, 1.807) is 32.4 Å². The standard InChI is InChI=1S/C23H26FN5O4/c1-28(11-4-7-19-15-21(27-26-19)16-5-3-6-18(24)13-16)23(30)17-8-9-20(25-10-12-33-2)22(14-17)29(31)32/h3,5-6,8-9,13-15,25H,4,7,10-12H2,1-2H3,(H,26,27). The molecule has 0 atom stereocenters. The monoisotopic (exact) mass is 455 g/mol. The normalized spacial score (nSPS) is 10.8. The number of ether oxygens (including phenoxy) is 1. The minimum absolute atomic E-state index is 0.160. The van der Waals surface area contributed by atoms with Crippen LogP contribution in [0.4, 0.5) is 15.8 Å². The van der Waals surface area contributed by atoms with E-state index < -0.39 is 4.92 Å². The molecule has 2 aromatic carbocycles. The number of anilines is 1. The summed E-state index contributed by atoms with van der Waals surface area (Å²) in [5.74, 6) is -0.622. The first kappa shape index (κ1) is 23.9. The van der Waals surface area contributed by atoms with E-state index in [9.17, 15) is 19.3 Å². The number of nitro groups is 1. The highest BCUT2D eigenvalue weighted by Gasteiger charge is 2.19. The lowest BCUT2D eigenvalue weighted by Gasteiger charge is -2.17. The molecule has 2 N–H and O–H groups in total. The van der Waals surface area contributed by atoms with Crippen molar-refractivity contribution in [3.05, 3.63) is 75.7 Å². The van der Waals surface area contributed by atoms with Crippen LogP contribution >= 0.6 is 0 Å². The van der Waals surface area contributed by atoms with Crippen LogP contribution in [-0.4, -0.2) is 59.8 Å². The third-order valence-corrected chi connectivity index (χ3v) is 5.10. The molecule has 9 nitrogen and oxygen atoms in total. The van der Waals surface area contributed by atoms with E-state index >= 15 is 0 Å². The molecule has 1 amide bonds. The van der Waals surface area contributed by atoms with Gasteiger partial charge in [0.1, 0.15) is 11.5 Å². The van der Waals surface area contributed by atoms with Crippen molar-refractivity contribution in [3.63, 3.8) is 0 Å². The number of hydrogen-bond acceptors (Lipinski definition) is 6.